The summed E-state index contributed by atoms with van der Waals surface area (Å²) in [6.07, 6.45) is 1.74. The first-order valence-electron chi connectivity index (χ1n) is 7.57. The summed E-state index contributed by atoms with van der Waals surface area (Å²) in [5, 5.41) is 17.2. The first kappa shape index (κ1) is 16.6. The molecular weight excluding hydrogens is 316 g/mol. The van der Waals surface area contributed by atoms with E-state index in [1.165, 1.54) is 14.2 Å². The molecule has 9 nitrogen and oxygen atoms in total. The van der Waals surface area contributed by atoms with E-state index >= 15 is 0 Å². The molecule has 0 spiro atoms. The van der Waals surface area contributed by atoms with E-state index in [0.717, 1.165) is 4.90 Å². The van der Waals surface area contributed by atoms with Crippen molar-refractivity contribution < 1.29 is 24.2 Å². The molecule has 2 saturated heterocycles. The normalized spacial score (nSPS) is 32.4. The number of aromatic nitrogens is 2. The highest BCUT2D eigenvalue weighted by molar-refractivity contribution is 6.09. The van der Waals surface area contributed by atoms with Crippen LogP contribution in [-0.4, -0.2) is 63.9 Å². The number of aryl methyl sites for hydroxylation is 2. The molecule has 0 unspecified atom stereocenters. The number of aliphatic hydroxyl groups is 1. The number of nitrogens with zero attached hydrogens (tertiary/aromatic N) is 3. The van der Waals surface area contributed by atoms with Crippen LogP contribution in [0.1, 0.15) is 17.3 Å². The molecule has 2 fully saturated rings. The van der Waals surface area contributed by atoms with Crippen molar-refractivity contribution in [3.05, 3.63) is 17.5 Å². The van der Waals surface area contributed by atoms with E-state index in [1.807, 2.05) is 0 Å². The van der Waals surface area contributed by atoms with Gasteiger partial charge in [0.1, 0.15) is 0 Å². The molecule has 0 saturated carbocycles. The van der Waals surface area contributed by atoms with Crippen molar-refractivity contribution in [2.75, 3.05) is 20.8 Å². The molecule has 2 N–H and O–H groups in total. The fourth-order valence-electron chi connectivity index (χ4n) is 3.92. The van der Waals surface area contributed by atoms with Crippen LogP contribution in [0.15, 0.2) is 6.20 Å². The topological polar surface area (TPSA) is 114 Å². The smallest absolute Gasteiger partial charge is 0.329 e. The van der Waals surface area contributed by atoms with E-state index in [9.17, 15) is 19.5 Å². The van der Waals surface area contributed by atoms with Gasteiger partial charge >= 0.3 is 5.97 Å². The van der Waals surface area contributed by atoms with Crippen molar-refractivity contribution in [1.29, 1.82) is 0 Å². The van der Waals surface area contributed by atoms with Crippen LogP contribution in [-0.2, 0) is 26.2 Å². The zero-order chi connectivity index (χ0) is 17.8. The lowest BCUT2D eigenvalue weighted by molar-refractivity contribution is -0.156. The van der Waals surface area contributed by atoms with Crippen LogP contribution >= 0.6 is 0 Å². The van der Waals surface area contributed by atoms with Crippen LogP contribution in [0.5, 0.6) is 0 Å². The van der Waals surface area contributed by atoms with Gasteiger partial charge in [-0.05, 0) is 6.92 Å². The summed E-state index contributed by atoms with van der Waals surface area (Å²) in [4.78, 5) is 38.6. The zero-order valence-electron chi connectivity index (χ0n) is 13.9. The maximum Gasteiger partial charge on any atom is 0.329 e. The lowest BCUT2D eigenvalue weighted by atomic mass is 9.79. The molecule has 9 heteroatoms. The van der Waals surface area contributed by atoms with Gasteiger partial charge in [-0.2, -0.15) is 5.10 Å². The molecule has 0 bridgehead atoms. The predicted octanol–water partition coefficient (Wildman–Crippen LogP) is -1.49. The Morgan fingerprint density at radius 3 is 2.58 bits per heavy atom. The number of methoxy groups -OCH3 is 1. The average molecular weight is 336 g/mol. The summed E-state index contributed by atoms with van der Waals surface area (Å²) in [5.41, 5.74) is -0.255. The maximum atomic E-state index is 12.6. The number of nitrogens with one attached hydrogen (secondary N) is 1. The third kappa shape index (κ3) is 1.94. The van der Waals surface area contributed by atoms with Crippen molar-refractivity contribution in [3.8, 4) is 0 Å². The second kappa shape index (κ2) is 5.38. The molecule has 24 heavy (non-hydrogen) atoms. The van der Waals surface area contributed by atoms with Crippen molar-refractivity contribution in [3.63, 3.8) is 0 Å². The Morgan fingerprint density at radius 1 is 1.42 bits per heavy atom. The zero-order valence-corrected chi connectivity index (χ0v) is 13.9. The predicted molar refractivity (Wildman–Crippen MR) is 80.4 cm³/mol. The van der Waals surface area contributed by atoms with Crippen LogP contribution in [0.4, 0.5) is 0 Å². The second-order valence-corrected chi connectivity index (χ2v) is 6.33. The molecule has 3 heterocycles. The molecule has 2 amide bonds. The molecule has 1 aromatic rings. The van der Waals surface area contributed by atoms with Crippen LogP contribution in [0.25, 0.3) is 0 Å². The first-order valence-corrected chi connectivity index (χ1v) is 7.57. The molecule has 2 aliphatic heterocycles. The van der Waals surface area contributed by atoms with E-state index in [4.69, 9.17) is 4.74 Å². The molecule has 0 aliphatic carbocycles. The monoisotopic (exact) mass is 336 g/mol. The Labute approximate surface area is 138 Å². The van der Waals surface area contributed by atoms with E-state index in [-0.39, 0.29) is 5.91 Å². The number of carbonyl (C=O) groups excluding carboxylic acids is 3. The Hall–Kier alpha value is -2.26. The number of imide groups is 1. The van der Waals surface area contributed by atoms with Gasteiger partial charge in [-0.1, -0.05) is 0 Å². The number of amides is 2. The molecule has 0 radical (unpaired) electrons. The first-order chi connectivity index (χ1) is 11.3. The van der Waals surface area contributed by atoms with Crippen molar-refractivity contribution >= 4 is 17.8 Å². The van der Waals surface area contributed by atoms with Crippen LogP contribution < -0.4 is 5.32 Å². The van der Waals surface area contributed by atoms with Crippen molar-refractivity contribution in [1.82, 2.24) is 20.0 Å². The summed E-state index contributed by atoms with van der Waals surface area (Å²) < 4.78 is 6.41. The van der Waals surface area contributed by atoms with Crippen LogP contribution in [0.2, 0.25) is 0 Å². The third-order valence-corrected chi connectivity index (χ3v) is 5.06. The van der Waals surface area contributed by atoms with E-state index in [1.54, 1.807) is 24.9 Å². The van der Waals surface area contributed by atoms with Gasteiger partial charge in [-0.3, -0.25) is 24.5 Å². The second-order valence-electron chi connectivity index (χ2n) is 6.33. The fraction of sp³-hybridized carbons (Fsp3) is 0.600. The van der Waals surface area contributed by atoms with E-state index in [0.29, 0.717) is 11.3 Å². The number of hydrogen-bond donors (Lipinski definition) is 2. The summed E-state index contributed by atoms with van der Waals surface area (Å²) >= 11 is 0. The Morgan fingerprint density at radius 2 is 2.08 bits per heavy atom. The van der Waals surface area contributed by atoms with Gasteiger partial charge in [-0.15, -0.1) is 0 Å². The molecule has 2 aliphatic rings. The molecule has 3 rings (SSSR count). The molecule has 1 aromatic heterocycles. The van der Waals surface area contributed by atoms with Gasteiger partial charge in [-0.25, -0.2) is 4.79 Å². The maximum absolute atomic E-state index is 12.6. The van der Waals surface area contributed by atoms with E-state index < -0.39 is 41.9 Å². The molecule has 0 aromatic carbocycles. The summed E-state index contributed by atoms with van der Waals surface area (Å²) in [5.74, 6) is -3.46. The van der Waals surface area contributed by atoms with E-state index in [2.05, 4.69) is 10.4 Å². The van der Waals surface area contributed by atoms with Crippen LogP contribution in [0.3, 0.4) is 0 Å². The van der Waals surface area contributed by atoms with Gasteiger partial charge < -0.3 is 9.84 Å². The van der Waals surface area contributed by atoms with Gasteiger partial charge in [0.2, 0.25) is 11.8 Å². The summed E-state index contributed by atoms with van der Waals surface area (Å²) in [7, 11) is 4.32. The number of aliphatic hydroxyl groups excluding tert-OH is 1. The lowest BCUT2D eigenvalue weighted by Crippen LogP contribution is -2.58. The Bertz CT molecular complexity index is 729. The van der Waals surface area contributed by atoms with Crippen molar-refractivity contribution in [2.45, 2.75) is 18.5 Å². The highest BCUT2D eigenvalue weighted by Crippen LogP contribution is 2.49. The van der Waals surface area contributed by atoms with Gasteiger partial charge in [0, 0.05) is 31.9 Å². The third-order valence-electron chi connectivity index (χ3n) is 5.06. The number of carbonyl (C=O) groups is 3. The van der Waals surface area contributed by atoms with Gasteiger partial charge in [0.15, 0.2) is 5.54 Å². The molecular formula is C15H20N4O5. The number of hydrogen-bond acceptors (Lipinski definition) is 7. The number of ether oxygens (including phenoxy) is 1. The highest BCUT2D eigenvalue weighted by Gasteiger charge is 2.68. The quantitative estimate of drug-likeness (QED) is 0.510. The summed E-state index contributed by atoms with van der Waals surface area (Å²) in [6.45, 7) is 1.14. The lowest BCUT2D eigenvalue weighted by Gasteiger charge is -2.29. The number of rotatable bonds is 3. The standard InChI is InChI=1S/C15H20N4O5/c1-7-8(5-18(2)17-7)11-9-10(13(22)19(3)12(9)21)15(6-20,16-11)14(23)24-4/h5,9-11,16,20H,6H2,1-4H3/t9-,10-,11-,15-/m1/s1. The Kier molecular flexibility index (Phi) is 3.72. The van der Waals surface area contributed by atoms with Gasteiger partial charge in [0.05, 0.1) is 31.2 Å². The number of fused-ring (bicyclic) bond motifs is 1. The fourth-order valence-corrected chi connectivity index (χ4v) is 3.92. The Balaban J connectivity index is 2.16. The molecule has 130 valence electrons. The SMILES string of the molecule is COC(=O)[C@]1(CO)N[C@H](c2cn(C)nc2C)[C@@H]2C(=O)N(C)C(=O)[C@@H]21. The van der Waals surface area contributed by atoms with Crippen LogP contribution in [0, 0.1) is 18.8 Å². The van der Waals surface area contributed by atoms with Crippen molar-refractivity contribution in [2.24, 2.45) is 18.9 Å². The minimum Gasteiger partial charge on any atom is -0.468 e. The number of likely N-dealkylation sites (tertiary alicyclic amines) is 1. The summed E-state index contributed by atoms with van der Waals surface area (Å²) in [6, 6.07) is -0.614. The minimum atomic E-state index is -1.65. The molecule has 4 atom stereocenters. The minimum absolute atomic E-state index is 0.384. The largest absolute Gasteiger partial charge is 0.468 e. The average Bonchev–Trinajstić information content (AvgIpc) is 3.15. The van der Waals surface area contributed by atoms with Gasteiger partial charge in [0.25, 0.3) is 0 Å². The number of esters is 1. The highest BCUT2D eigenvalue weighted by atomic mass is 16.5.